The van der Waals surface area contributed by atoms with Crippen LogP contribution in [0.1, 0.15) is 24.4 Å². The van der Waals surface area contributed by atoms with Crippen molar-refractivity contribution < 1.29 is 0 Å². The van der Waals surface area contributed by atoms with E-state index in [2.05, 4.69) is 22.2 Å². The Balaban J connectivity index is 1.79. The van der Waals surface area contributed by atoms with Crippen molar-refractivity contribution in [3.8, 4) is 0 Å². The molecule has 0 radical (unpaired) electrons. The van der Waals surface area contributed by atoms with Crippen LogP contribution in [0, 0.1) is 0 Å². The molecule has 0 fully saturated rings. The molecule has 0 amide bonds. The zero-order valence-electron chi connectivity index (χ0n) is 10.0. The van der Waals surface area contributed by atoms with Crippen molar-refractivity contribution >= 4 is 0 Å². The molecule has 0 unspecified atom stereocenters. The normalized spacial score (nSPS) is 12.3. The smallest absolute Gasteiger partial charge is 0.0570 e. The quantitative estimate of drug-likeness (QED) is 0.852. The van der Waals surface area contributed by atoms with Gasteiger partial charge in [0.25, 0.3) is 0 Å². The predicted octanol–water partition coefficient (Wildman–Crippen LogP) is 2.37. The lowest BCUT2D eigenvalue weighted by Crippen LogP contribution is -2.22. The van der Waals surface area contributed by atoms with E-state index in [1.165, 1.54) is 0 Å². The maximum Gasteiger partial charge on any atom is 0.0570 e. The molecule has 2 aromatic heterocycles. The van der Waals surface area contributed by atoms with Crippen LogP contribution in [0.2, 0.25) is 0 Å². The lowest BCUT2D eigenvalue weighted by molar-refractivity contribution is 0.561. The summed E-state index contributed by atoms with van der Waals surface area (Å²) < 4.78 is 0. The maximum absolute atomic E-state index is 4.33. The lowest BCUT2D eigenvalue weighted by Gasteiger charge is -2.12. The third kappa shape index (κ3) is 3.64. The van der Waals surface area contributed by atoms with Gasteiger partial charge in [0.05, 0.1) is 5.69 Å². The van der Waals surface area contributed by atoms with E-state index >= 15 is 0 Å². The fraction of sp³-hybridized carbons (Fsp3) is 0.286. The van der Waals surface area contributed by atoms with Gasteiger partial charge in [0.1, 0.15) is 0 Å². The van der Waals surface area contributed by atoms with Crippen molar-refractivity contribution in [1.29, 1.82) is 0 Å². The Morgan fingerprint density at radius 2 is 1.82 bits per heavy atom. The molecule has 0 bridgehead atoms. The Hall–Kier alpha value is -1.74. The highest BCUT2D eigenvalue weighted by molar-refractivity contribution is 5.08. The van der Waals surface area contributed by atoms with E-state index < -0.39 is 0 Å². The fourth-order valence-electron chi connectivity index (χ4n) is 1.70. The van der Waals surface area contributed by atoms with Crippen LogP contribution in [-0.4, -0.2) is 16.5 Å². The van der Waals surface area contributed by atoms with Crippen LogP contribution < -0.4 is 5.32 Å². The van der Waals surface area contributed by atoms with E-state index in [4.69, 9.17) is 0 Å². The summed E-state index contributed by atoms with van der Waals surface area (Å²) in [6.07, 6.45) is 4.60. The molecule has 0 aromatic carbocycles. The Labute approximate surface area is 102 Å². The zero-order valence-corrected chi connectivity index (χ0v) is 10.0. The van der Waals surface area contributed by atoms with Gasteiger partial charge in [-0.1, -0.05) is 12.1 Å². The van der Waals surface area contributed by atoms with E-state index in [1.807, 2.05) is 48.8 Å². The first-order valence-corrected chi connectivity index (χ1v) is 5.90. The number of hydrogen-bond acceptors (Lipinski definition) is 3. The Morgan fingerprint density at radius 3 is 2.47 bits per heavy atom. The van der Waals surface area contributed by atoms with Gasteiger partial charge in [-0.3, -0.25) is 9.97 Å². The first-order valence-electron chi connectivity index (χ1n) is 5.90. The predicted molar refractivity (Wildman–Crippen MR) is 68.6 cm³/mol. The number of hydrogen-bond donors (Lipinski definition) is 1. The Bertz CT molecular complexity index is 428. The standard InChI is InChI=1S/C14H17N3/c1-12(14-7-3-5-10-17-14)15-11-8-13-6-2-4-9-16-13/h2-7,9-10,12,15H,8,11H2,1H3/t12-/m1/s1. The molecular weight excluding hydrogens is 210 g/mol. The SMILES string of the molecule is C[C@@H](NCCc1ccccn1)c1ccccn1. The van der Waals surface area contributed by atoms with Crippen LogP contribution in [0.4, 0.5) is 0 Å². The molecule has 0 aliphatic rings. The second kappa shape index (κ2) is 6.11. The molecule has 0 spiro atoms. The summed E-state index contributed by atoms with van der Waals surface area (Å²) in [5.41, 5.74) is 2.20. The van der Waals surface area contributed by atoms with Crippen molar-refractivity contribution in [3.05, 3.63) is 60.2 Å². The van der Waals surface area contributed by atoms with Crippen molar-refractivity contribution in [2.24, 2.45) is 0 Å². The molecule has 3 heteroatoms. The van der Waals surface area contributed by atoms with Gasteiger partial charge < -0.3 is 5.32 Å². The van der Waals surface area contributed by atoms with E-state index in [0.717, 1.165) is 24.4 Å². The number of nitrogens with one attached hydrogen (secondary N) is 1. The average molecular weight is 227 g/mol. The van der Waals surface area contributed by atoms with Crippen LogP contribution in [0.3, 0.4) is 0 Å². The Kier molecular flexibility index (Phi) is 4.22. The second-order valence-corrected chi connectivity index (χ2v) is 4.00. The first-order chi connectivity index (χ1) is 8.36. The summed E-state index contributed by atoms with van der Waals surface area (Å²) >= 11 is 0. The van der Waals surface area contributed by atoms with E-state index in [-0.39, 0.29) is 6.04 Å². The monoisotopic (exact) mass is 227 g/mol. The molecule has 0 aliphatic carbocycles. The average Bonchev–Trinajstić information content (AvgIpc) is 2.41. The molecule has 2 heterocycles. The van der Waals surface area contributed by atoms with Gasteiger partial charge in [-0.15, -0.1) is 0 Å². The number of nitrogens with zero attached hydrogens (tertiary/aromatic N) is 2. The number of aromatic nitrogens is 2. The van der Waals surface area contributed by atoms with Gasteiger partial charge in [0, 0.05) is 37.1 Å². The van der Waals surface area contributed by atoms with Crippen LogP contribution in [0.5, 0.6) is 0 Å². The minimum Gasteiger partial charge on any atom is -0.308 e. The van der Waals surface area contributed by atoms with E-state index in [0.29, 0.717) is 0 Å². The number of rotatable bonds is 5. The third-order valence-corrected chi connectivity index (χ3v) is 2.69. The molecule has 0 saturated carbocycles. The van der Waals surface area contributed by atoms with Crippen LogP contribution >= 0.6 is 0 Å². The van der Waals surface area contributed by atoms with Gasteiger partial charge in [0.2, 0.25) is 0 Å². The largest absolute Gasteiger partial charge is 0.308 e. The molecule has 88 valence electrons. The number of pyridine rings is 2. The minimum absolute atomic E-state index is 0.278. The summed E-state index contributed by atoms with van der Waals surface area (Å²) in [6.45, 7) is 3.04. The van der Waals surface area contributed by atoms with Gasteiger partial charge >= 0.3 is 0 Å². The lowest BCUT2D eigenvalue weighted by atomic mass is 10.2. The van der Waals surface area contributed by atoms with Gasteiger partial charge in [0.15, 0.2) is 0 Å². The van der Waals surface area contributed by atoms with Gasteiger partial charge in [-0.05, 0) is 31.2 Å². The summed E-state index contributed by atoms with van der Waals surface area (Å²) in [5.74, 6) is 0. The first kappa shape index (κ1) is 11.7. The zero-order chi connectivity index (χ0) is 11.9. The summed E-state index contributed by atoms with van der Waals surface area (Å²) in [5, 5.41) is 3.44. The molecule has 0 aliphatic heterocycles. The molecule has 2 rings (SSSR count). The minimum atomic E-state index is 0.278. The molecule has 1 atom stereocenters. The summed E-state index contributed by atoms with van der Waals surface area (Å²) in [6, 6.07) is 12.3. The topological polar surface area (TPSA) is 37.8 Å². The van der Waals surface area contributed by atoms with Gasteiger partial charge in [-0.25, -0.2) is 0 Å². The van der Waals surface area contributed by atoms with E-state index in [9.17, 15) is 0 Å². The second-order valence-electron chi connectivity index (χ2n) is 4.00. The van der Waals surface area contributed by atoms with Crippen LogP contribution in [0.15, 0.2) is 48.8 Å². The van der Waals surface area contributed by atoms with Crippen molar-refractivity contribution in [2.75, 3.05) is 6.54 Å². The molecule has 2 aromatic rings. The van der Waals surface area contributed by atoms with Gasteiger partial charge in [-0.2, -0.15) is 0 Å². The molecule has 0 saturated heterocycles. The third-order valence-electron chi connectivity index (χ3n) is 2.69. The summed E-state index contributed by atoms with van der Waals surface area (Å²) in [7, 11) is 0. The molecule has 17 heavy (non-hydrogen) atoms. The molecular formula is C14H17N3. The molecule has 3 nitrogen and oxygen atoms in total. The highest BCUT2D eigenvalue weighted by Gasteiger charge is 2.04. The highest BCUT2D eigenvalue weighted by Crippen LogP contribution is 2.07. The Morgan fingerprint density at radius 1 is 1.06 bits per heavy atom. The maximum atomic E-state index is 4.33. The van der Waals surface area contributed by atoms with Crippen molar-refractivity contribution in [2.45, 2.75) is 19.4 Å². The summed E-state index contributed by atoms with van der Waals surface area (Å²) in [4.78, 5) is 8.62. The van der Waals surface area contributed by atoms with E-state index in [1.54, 1.807) is 0 Å². The van der Waals surface area contributed by atoms with Crippen LogP contribution in [0.25, 0.3) is 0 Å². The fourth-order valence-corrected chi connectivity index (χ4v) is 1.70. The van der Waals surface area contributed by atoms with Crippen molar-refractivity contribution in [1.82, 2.24) is 15.3 Å². The highest BCUT2D eigenvalue weighted by atomic mass is 14.9. The van der Waals surface area contributed by atoms with Crippen molar-refractivity contribution in [3.63, 3.8) is 0 Å². The van der Waals surface area contributed by atoms with Crippen LogP contribution in [-0.2, 0) is 6.42 Å². The molecule has 1 N–H and O–H groups in total.